The molecule has 2 aromatic carbocycles. The average molecular weight is 494 g/mol. The number of ether oxygens (including phenoxy) is 4. The molecule has 5 rings (SSSR count). The van der Waals surface area contributed by atoms with Crippen LogP contribution in [0.5, 0.6) is 23.0 Å². The molecule has 10 nitrogen and oxygen atoms in total. The van der Waals surface area contributed by atoms with E-state index in [2.05, 4.69) is 9.97 Å². The Bertz CT molecular complexity index is 1580. The molecular formula is C24H18N2O8S. The van der Waals surface area contributed by atoms with Gasteiger partial charge < -0.3 is 27.8 Å². The van der Waals surface area contributed by atoms with E-state index < -0.39 is 11.3 Å². The summed E-state index contributed by atoms with van der Waals surface area (Å²) >= 11 is 1.21. The summed E-state index contributed by atoms with van der Waals surface area (Å²) in [6.45, 7) is 0. The molecule has 0 atom stereocenters. The van der Waals surface area contributed by atoms with Crippen molar-refractivity contribution in [1.29, 1.82) is 0 Å². The molecule has 5 aromatic rings. The minimum atomic E-state index is -0.572. The van der Waals surface area contributed by atoms with E-state index in [4.69, 9.17) is 27.8 Å². The van der Waals surface area contributed by atoms with E-state index in [0.29, 0.717) is 43.8 Å². The first-order chi connectivity index (χ1) is 16.9. The van der Waals surface area contributed by atoms with Gasteiger partial charge in [-0.2, -0.15) is 0 Å². The Morgan fingerprint density at radius 1 is 0.629 bits per heavy atom. The molecule has 0 saturated heterocycles. The highest BCUT2D eigenvalue weighted by Gasteiger charge is 2.18. The van der Waals surface area contributed by atoms with E-state index in [9.17, 15) is 9.59 Å². The number of hydrogen-bond acceptors (Lipinski definition) is 11. The molecule has 0 spiro atoms. The van der Waals surface area contributed by atoms with Gasteiger partial charge in [-0.05, 0) is 12.1 Å². The maximum atomic E-state index is 12.6. The Hall–Kier alpha value is -4.38. The maximum Gasteiger partial charge on any atom is 0.347 e. The SMILES string of the molecule is COc1cc2nc(-c3ccc(-c4nc5cc(OC)c(OC)cc5c(=O)o4)s3)oc(=O)c2cc1OC. The van der Waals surface area contributed by atoms with E-state index in [1.807, 2.05) is 0 Å². The molecule has 0 aliphatic rings. The van der Waals surface area contributed by atoms with Crippen LogP contribution in [0.4, 0.5) is 0 Å². The van der Waals surface area contributed by atoms with Crippen LogP contribution in [0.3, 0.4) is 0 Å². The van der Waals surface area contributed by atoms with Crippen LogP contribution in [0.1, 0.15) is 0 Å². The quantitative estimate of drug-likeness (QED) is 0.340. The predicted octanol–water partition coefficient (Wildman–Crippen LogP) is 4.12. The standard InChI is InChI=1S/C24H18N2O8S/c1-29-15-7-11-13(9-17(15)31-3)25-21(33-23(11)27)19-5-6-20(35-19)22-26-14-10-18(32-4)16(30-2)8-12(14)24(28)34-22/h5-10H,1-4H3. The predicted molar refractivity (Wildman–Crippen MR) is 129 cm³/mol. The van der Waals surface area contributed by atoms with E-state index >= 15 is 0 Å². The molecule has 0 fully saturated rings. The van der Waals surface area contributed by atoms with Crippen molar-refractivity contribution in [2.45, 2.75) is 0 Å². The fraction of sp³-hybridized carbons (Fsp3) is 0.167. The van der Waals surface area contributed by atoms with Gasteiger partial charge in [0.1, 0.15) is 0 Å². The molecular weight excluding hydrogens is 476 g/mol. The second-order valence-electron chi connectivity index (χ2n) is 7.23. The lowest BCUT2D eigenvalue weighted by Crippen LogP contribution is -2.04. The molecule has 178 valence electrons. The molecule has 0 unspecified atom stereocenters. The first-order valence-electron chi connectivity index (χ1n) is 10.2. The maximum absolute atomic E-state index is 12.6. The minimum Gasteiger partial charge on any atom is -0.493 e. The molecule has 0 bridgehead atoms. The molecule has 3 heterocycles. The third-order valence-corrected chi connectivity index (χ3v) is 6.36. The van der Waals surface area contributed by atoms with Gasteiger partial charge in [-0.25, -0.2) is 19.6 Å². The summed E-state index contributed by atoms with van der Waals surface area (Å²) in [6.07, 6.45) is 0. The van der Waals surface area contributed by atoms with Crippen LogP contribution >= 0.6 is 11.3 Å². The molecule has 3 aromatic heterocycles. The number of thiophene rings is 1. The zero-order valence-corrected chi connectivity index (χ0v) is 19.8. The molecule has 0 radical (unpaired) electrons. The number of methoxy groups -OCH3 is 4. The zero-order chi connectivity index (χ0) is 24.7. The Labute approximate surface area is 201 Å². The van der Waals surface area contributed by atoms with Gasteiger partial charge in [0.05, 0.1) is 60.0 Å². The van der Waals surface area contributed by atoms with Crippen molar-refractivity contribution < 1.29 is 27.8 Å². The van der Waals surface area contributed by atoms with Crippen LogP contribution in [-0.4, -0.2) is 38.4 Å². The number of fused-ring (bicyclic) bond motifs is 2. The molecule has 0 aliphatic heterocycles. The van der Waals surface area contributed by atoms with Crippen LogP contribution in [0.2, 0.25) is 0 Å². The molecule has 35 heavy (non-hydrogen) atoms. The van der Waals surface area contributed by atoms with Crippen molar-refractivity contribution in [3.63, 3.8) is 0 Å². The topological polar surface area (TPSA) is 123 Å². The van der Waals surface area contributed by atoms with Gasteiger partial charge in [-0.15, -0.1) is 11.3 Å². The Balaban J connectivity index is 1.59. The largest absolute Gasteiger partial charge is 0.493 e. The summed E-state index contributed by atoms with van der Waals surface area (Å²) in [5.74, 6) is 1.88. The lowest BCUT2D eigenvalue weighted by molar-refractivity contribution is 0.355. The van der Waals surface area contributed by atoms with E-state index in [0.717, 1.165) is 0 Å². The van der Waals surface area contributed by atoms with E-state index in [1.54, 1.807) is 24.3 Å². The average Bonchev–Trinajstić information content (AvgIpc) is 3.37. The number of rotatable bonds is 6. The molecule has 0 saturated carbocycles. The Kier molecular flexibility index (Phi) is 5.61. The van der Waals surface area contributed by atoms with E-state index in [1.165, 1.54) is 51.9 Å². The fourth-order valence-electron chi connectivity index (χ4n) is 3.58. The number of aromatic nitrogens is 2. The summed E-state index contributed by atoms with van der Waals surface area (Å²) < 4.78 is 32.0. The summed E-state index contributed by atoms with van der Waals surface area (Å²) in [5, 5.41) is 0.518. The van der Waals surface area contributed by atoms with Crippen molar-refractivity contribution >= 4 is 33.1 Å². The molecule has 11 heteroatoms. The van der Waals surface area contributed by atoms with Gasteiger partial charge in [0.2, 0.25) is 11.8 Å². The first-order valence-corrected chi connectivity index (χ1v) is 11.0. The molecule has 0 amide bonds. The third-order valence-electron chi connectivity index (χ3n) is 5.29. The van der Waals surface area contributed by atoms with Crippen molar-refractivity contribution in [2.24, 2.45) is 0 Å². The second kappa shape index (κ2) is 8.76. The molecule has 0 aliphatic carbocycles. The van der Waals surface area contributed by atoms with Gasteiger partial charge in [-0.3, -0.25) is 0 Å². The molecule has 0 N–H and O–H groups in total. The third kappa shape index (κ3) is 3.85. The van der Waals surface area contributed by atoms with Crippen LogP contribution in [0.15, 0.2) is 54.8 Å². The van der Waals surface area contributed by atoms with Crippen molar-refractivity contribution in [1.82, 2.24) is 9.97 Å². The number of benzene rings is 2. The lowest BCUT2D eigenvalue weighted by atomic mass is 10.2. The van der Waals surface area contributed by atoms with Crippen LogP contribution in [0, 0.1) is 0 Å². The van der Waals surface area contributed by atoms with Crippen molar-refractivity contribution in [2.75, 3.05) is 28.4 Å². The summed E-state index contributed by atoms with van der Waals surface area (Å²) in [5.41, 5.74) is -0.366. The number of hydrogen-bond donors (Lipinski definition) is 0. The minimum absolute atomic E-state index is 0.112. The fourth-order valence-corrected chi connectivity index (χ4v) is 4.44. The smallest absolute Gasteiger partial charge is 0.347 e. The second-order valence-corrected chi connectivity index (χ2v) is 8.31. The van der Waals surface area contributed by atoms with E-state index in [-0.39, 0.29) is 22.6 Å². The van der Waals surface area contributed by atoms with Crippen LogP contribution < -0.4 is 30.2 Å². The van der Waals surface area contributed by atoms with Crippen LogP contribution in [0.25, 0.3) is 43.3 Å². The summed E-state index contributed by atoms with van der Waals surface area (Å²) in [6, 6.07) is 9.67. The van der Waals surface area contributed by atoms with Gasteiger partial charge in [0, 0.05) is 24.3 Å². The highest BCUT2D eigenvalue weighted by molar-refractivity contribution is 7.18. The zero-order valence-electron chi connectivity index (χ0n) is 19.0. The number of nitrogens with zero attached hydrogens (tertiary/aromatic N) is 2. The monoisotopic (exact) mass is 494 g/mol. The van der Waals surface area contributed by atoms with Gasteiger partial charge in [0.15, 0.2) is 23.0 Å². The van der Waals surface area contributed by atoms with Crippen LogP contribution in [-0.2, 0) is 0 Å². The van der Waals surface area contributed by atoms with Gasteiger partial charge in [-0.1, -0.05) is 0 Å². The van der Waals surface area contributed by atoms with Crippen molar-refractivity contribution in [3.05, 3.63) is 57.2 Å². The first kappa shape index (κ1) is 22.4. The lowest BCUT2D eigenvalue weighted by Gasteiger charge is -2.08. The Morgan fingerprint density at radius 2 is 1.00 bits per heavy atom. The highest BCUT2D eigenvalue weighted by atomic mass is 32.1. The normalized spacial score (nSPS) is 11.1. The van der Waals surface area contributed by atoms with Crippen molar-refractivity contribution in [3.8, 4) is 44.5 Å². The highest BCUT2D eigenvalue weighted by Crippen LogP contribution is 2.36. The van der Waals surface area contributed by atoms with Gasteiger partial charge in [0.25, 0.3) is 0 Å². The summed E-state index contributed by atoms with van der Waals surface area (Å²) in [4.78, 5) is 35.3. The Morgan fingerprint density at radius 3 is 1.37 bits per heavy atom. The van der Waals surface area contributed by atoms with Gasteiger partial charge >= 0.3 is 11.3 Å². The summed E-state index contributed by atoms with van der Waals surface area (Å²) in [7, 11) is 5.95.